The molecule has 1 N–H and O–H groups in total. The second kappa shape index (κ2) is 12.6. The van der Waals surface area contributed by atoms with E-state index in [1.54, 1.807) is 0 Å². The summed E-state index contributed by atoms with van der Waals surface area (Å²) in [4.78, 5) is 21.8. The van der Waals surface area contributed by atoms with Crippen molar-refractivity contribution in [3.05, 3.63) is 99.0 Å². The van der Waals surface area contributed by atoms with E-state index in [2.05, 4.69) is 83.1 Å². The summed E-state index contributed by atoms with van der Waals surface area (Å²) in [5, 5.41) is 13.2. The number of carbonyl (C=O) groups excluding carboxylic acids is 1. The fourth-order valence-corrected chi connectivity index (χ4v) is 5.77. The maximum atomic E-state index is 11.3. The summed E-state index contributed by atoms with van der Waals surface area (Å²) in [6.07, 6.45) is 5.28. The van der Waals surface area contributed by atoms with Crippen molar-refractivity contribution in [2.75, 3.05) is 0 Å². The van der Waals surface area contributed by atoms with Crippen molar-refractivity contribution in [1.29, 1.82) is 0 Å². The van der Waals surface area contributed by atoms with Crippen LogP contribution < -0.4 is 0 Å². The first-order valence-corrected chi connectivity index (χ1v) is 14.0. The average molecular weight is 514 g/mol. The van der Waals surface area contributed by atoms with Crippen molar-refractivity contribution in [3.63, 3.8) is 0 Å². The number of hydrogen-bond acceptors (Lipinski definition) is 3. The van der Waals surface area contributed by atoms with E-state index in [-0.39, 0.29) is 11.8 Å². The summed E-state index contributed by atoms with van der Waals surface area (Å²) in [5.74, 6) is -0.652. The van der Waals surface area contributed by atoms with Gasteiger partial charge in [-0.15, -0.1) is 4.91 Å². The molecule has 3 rings (SSSR count). The highest BCUT2D eigenvalue weighted by atomic mass is 16.3. The zero-order chi connectivity index (χ0) is 27.9. The third-order valence-electron chi connectivity index (χ3n) is 8.78. The van der Waals surface area contributed by atoms with E-state index in [4.69, 9.17) is 0 Å². The molecule has 0 aliphatic heterocycles. The van der Waals surface area contributed by atoms with E-state index in [9.17, 15) is 14.8 Å². The van der Waals surface area contributed by atoms with Crippen LogP contribution in [0.2, 0.25) is 0 Å². The zero-order valence-corrected chi connectivity index (χ0v) is 23.9. The van der Waals surface area contributed by atoms with Crippen LogP contribution in [0.15, 0.2) is 65.8 Å². The molecule has 0 radical (unpaired) electrons. The van der Waals surface area contributed by atoms with Gasteiger partial charge in [-0.05, 0) is 96.9 Å². The van der Waals surface area contributed by atoms with Crippen LogP contribution in [-0.2, 0) is 23.1 Å². The summed E-state index contributed by atoms with van der Waals surface area (Å²) in [6.45, 7) is 13.0. The fraction of sp³-hybridized carbons (Fsp3) is 0.441. The van der Waals surface area contributed by atoms with Crippen molar-refractivity contribution < 1.29 is 9.90 Å². The molecule has 38 heavy (non-hydrogen) atoms. The highest BCUT2D eigenvalue weighted by molar-refractivity contribution is 5.79. The molecule has 0 saturated heterocycles. The lowest BCUT2D eigenvalue weighted by atomic mass is 9.69. The second-order valence-corrected chi connectivity index (χ2v) is 10.8. The van der Waals surface area contributed by atoms with Crippen LogP contribution in [0.1, 0.15) is 93.2 Å². The number of hydrogen-bond donors (Lipinski definition) is 1. The van der Waals surface area contributed by atoms with E-state index >= 15 is 0 Å². The highest BCUT2D eigenvalue weighted by Gasteiger charge is 2.31. The van der Waals surface area contributed by atoms with Crippen molar-refractivity contribution >= 4 is 5.91 Å². The Morgan fingerprint density at radius 2 is 1.37 bits per heavy atom. The first kappa shape index (κ1) is 29.4. The average Bonchev–Trinajstić information content (AvgIpc) is 2.94. The molecule has 4 heteroatoms. The van der Waals surface area contributed by atoms with Crippen LogP contribution in [0.3, 0.4) is 0 Å². The van der Waals surface area contributed by atoms with Gasteiger partial charge in [0.05, 0.1) is 12.0 Å². The molecule has 0 bridgehead atoms. The molecule has 1 amide bonds. The van der Waals surface area contributed by atoms with Gasteiger partial charge in [-0.25, -0.2) is 0 Å². The molecular formula is C34H43NO3. The van der Waals surface area contributed by atoms with Gasteiger partial charge in [0.25, 0.3) is 5.91 Å². The van der Waals surface area contributed by atoms with Gasteiger partial charge in [0.2, 0.25) is 0 Å². The summed E-state index contributed by atoms with van der Waals surface area (Å²) in [5.41, 5.74) is 8.86. The number of carbonyl (C=O) groups is 1. The van der Waals surface area contributed by atoms with Crippen LogP contribution in [0.4, 0.5) is 0 Å². The molecule has 0 aromatic heterocycles. The second-order valence-electron chi connectivity index (χ2n) is 10.8. The minimum Gasteiger partial charge on any atom is -0.390 e. The Kier molecular flexibility index (Phi) is 9.78. The van der Waals surface area contributed by atoms with Gasteiger partial charge in [-0.2, -0.15) is 0 Å². The SMILES string of the molecule is CCC(O)(CC)CCc1ccc(C(CC)(CC)c2ccc(-c3ccc(CC(=O)N=O)cc3)c(C)c2)cc1C. The lowest BCUT2D eigenvalue weighted by molar-refractivity contribution is -0.117. The van der Waals surface area contributed by atoms with Gasteiger partial charge < -0.3 is 5.11 Å². The molecule has 0 atom stereocenters. The van der Waals surface area contributed by atoms with Gasteiger partial charge in [-0.3, -0.25) is 4.79 Å². The van der Waals surface area contributed by atoms with E-state index in [1.807, 2.05) is 24.3 Å². The van der Waals surface area contributed by atoms with E-state index in [0.717, 1.165) is 55.2 Å². The number of aryl methyl sites for hydroxylation is 3. The third-order valence-corrected chi connectivity index (χ3v) is 8.78. The lowest BCUT2D eigenvalue weighted by Crippen LogP contribution is -2.28. The number of aliphatic hydroxyl groups is 1. The maximum Gasteiger partial charge on any atom is 0.290 e. The van der Waals surface area contributed by atoms with Gasteiger partial charge in [0.15, 0.2) is 0 Å². The standard InChI is InChI=1S/C34H43NO3/c1-7-33(37,8-2)20-19-27-15-16-29(21-24(27)5)34(9-3,10-4)30-17-18-31(25(6)22-30)28-13-11-26(12-14-28)23-32(36)35-38/h11-18,21-22,37H,7-10,19-20,23H2,1-6H3. The predicted octanol–water partition coefficient (Wildman–Crippen LogP) is 8.40. The summed E-state index contributed by atoms with van der Waals surface area (Å²) < 4.78 is 0. The van der Waals surface area contributed by atoms with Gasteiger partial charge >= 0.3 is 0 Å². The largest absolute Gasteiger partial charge is 0.390 e. The monoisotopic (exact) mass is 513 g/mol. The summed E-state index contributed by atoms with van der Waals surface area (Å²) in [7, 11) is 0. The van der Waals surface area contributed by atoms with Crippen LogP contribution in [-0.4, -0.2) is 16.6 Å². The summed E-state index contributed by atoms with van der Waals surface area (Å²) in [6, 6.07) is 21.5. The number of rotatable bonds is 12. The molecule has 0 spiro atoms. The van der Waals surface area contributed by atoms with Crippen LogP contribution in [0, 0.1) is 18.8 Å². The van der Waals surface area contributed by atoms with Gasteiger partial charge in [0, 0.05) is 10.6 Å². The minimum absolute atomic E-state index is 0.0352. The number of amides is 1. The predicted molar refractivity (Wildman–Crippen MR) is 158 cm³/mol. The number of nitrogens with zero attached hydrogens (tertiary/aromatic N) is 1. The highest BCUT2D eigenvalue weighted by Crippen LogP contribution is 2.41. The topological polar surface area (TPSA) is 66.7 Å². The quantitative estimate of drug-likeness (QED) is 0.247. The first-order chi connectivity index (χ1) is 18.1. The van der Waals surface area contributed by atoms with Crippen LogP contribution in [0.5, 0.6) is 0 Å². The molecular weight excluding hydrogens is 470 g/mol. The van der Waals surface area contributed by atoms with Crippen LogP contribution >= 0.6 is 0 Å². The Hall–Kier alpha value is -3.11. The molecule has 0 unspecified atom stereocenters. The first-order valence-electron chi connectivity index (χ1n) is 14.0. The minimum atomic E-state index is -0.652. The lowest BCUT2D eigenvalue weighted by Gasteiger charge is -2.34. The molecule has 0 saturated carbocycles. The molecule has 0 fully saturated rings. The molecule has 0 aliphatic rings. The van der Waals surface area contributed by atoms with Crippen LogP contribution in [0.25, 0.3) is 11.1 Å². The Morgan fingerprint density at radius 3 is 1.87 bits per heavy atom. The number of nitroso groups, excluding NO2 is 1. The zero-order valence-electron chi connectivity index (χ0n) is 23.9. The smallest absolute Gasteiger partial charge is 0.290 e. The molecule has 4 nitrogen and oxygen atoms in total. The van der Waals surface area contributed by atoms with Crippen molar-refractivity contribution in [2.45, 2.75) is 97.5 Å². The van der Waals surface area contributed by atoms with Gasteiger partial charge in [-0.1, -0.05) is 88.4 Å². The Balaban J connectivity index is 1.90. The Bertz CT molecular complexity index is 1250. The van der Waals surface area contributed by atoms with Crippen molar-refractivity contribution in [2.24, 2.45) is 5.18 Å². The van der Waals surface area contributed by atoms with Crippen molar-refractivity contribution in [1.82, 2.24) is 0 Å². The molecule has 0 heterocycles. The molecule has 3 aromatic rings. The maximum absolute atomic E-state index is 11.3. The summed E-state index contributed by atoms with van der Waals surface area (Å²) >= 11 is 0. The van der Waals surface area contributed by atoms with Gasteiger partial charge in [0.1, 0.15) is 0 Å². The van der Waals surface area contributed by atoms with E-state index in [1.165, 1.54) is 27.8 Å². The molecule has 0 aliphatic carbocycles. The number of benzene rings is 3. The normalized spacial score (nSPS) is 12.0. The molecule has 202 valence electrons. The van der Waals surface area contributed by atoms with E-state index in [0.29, 0.717) is 0 Å². The Morgan fingerprint density at radius 1 is 0.789 bits per heavy atom. The fourth-order valence-electron chi connectivity index (χ4n) is 5.77. The van der Waals surface area contributed by atoms with E-state index < -0.39 is 11.5 Å². The molecule has 3 aromatic carbocycles. The van der Waals surface area contributed by atoms with Crippen molar-refractivity contribution in [3.8, 4) is 11.1 Å². The Labute approximate surface area is 228 Å². The third kappa shape index (κ3) is 6.30.